The average molecular weight is 370 g/mol. The van der Waals surface area contributed by atoms with Crippen molar-refractivity contribution in [1.82, 2.24) is 0 Å². The van der Waals surface area contributed by atoms with Crippen molar-refractivity contribution in [3.8, 4) is 28.7 Å². The molecule has 27 heavy (non-hydrogen) atoms. The molecule has 5 rings (SSSR count). The molecule has 9 nitrogen and oxygen atoms in total. The standard InChI is InChI=1S/C18H10O9/c19-6-1-8(21)14-11(3-6)24-13-5-10(23)16-18(17(13)26-14)27-15-9(22)2-7(20)4-12(15)25-16/h1-5,19-23H. The molecule has 0 atom stereocenters. The SMILES string of the molecule is Oc1cc(O)c2oc3c(cc(O)c4oc5cc(O)cc(O)c5oc43)oc2c1. The molecule has 0 spiro atoms. The van der Waals surface area contributed by atoms with E-state index >= 15 is 0 Å². The van der Waals surface area contributed by atoms with Gasteiger partial charge >= 0.3 is 0 Å². The van der Waals surface area contributed by atoms with E-state index in [4.69, 9.17) is 17.7 Å². The Bertz CT molecular complexity index is 1430. The molecule has 0 aliphatic rings. The molecule has 0 radical (unpaired) electrons. The van der Waals surface area contributed by atoms with E-state index < -0.39 is 5.75 Å². The number of phenols is 5. The number of fused-ring (bicyclic) bond motifs is 5. The molecule has 3 aromatic carbocycles. The first-order chi connectivity index (χ1) is 12.9. The number of benzene rings is 3. The van der Waals surface area contributed by atoms with Crippen LogP contribution in [-0.2, 0) is 0 Å². The maximum atomic E-state index is 10.3. The van der Waals surface area contributed by atoms with Gasteiger partial charge in [-0.15, -0.1) is 0 Å². The fraction of sp³-hybridized carbons (Fsp3) is 0. The molecule has 2 heterocycles. The zero-order valence-electron chi connectivity index (χ0n) is 13.3. The van der Waals surface area contributed by atoms with E-state index in [1.807, 2.05) is 0 Å². The van der Waals surface area contributed by atoms with Gasteiger partial charge in [0.2, 0.25) is 27.9 Å². The lowest BCUT2D eigenvalue weighted by atomic mass is 10.2. The monoisotopic (exact) mass is 370 g/mol. The Hall–Kier alpha value is -4.14. The van der Waals surface area contributed by atoms with Crippen molar-refractivity contribution in [2.45, 2.75) is 0 Å². The van der Waals surface area contributed by atoms with Crippen molar-refractivity contribution < 1.29 is 43.2 Å². The quantitative estimate of drug-likeness (QED) is 0.198. The molecule has 0 fully saturated rings. The fourth-order valence-electron chi connectivity index (χ4n) is 2.89. The van der Waals surface area contributed by atoms with Gasteiger partial charge in [-0.3, -0.25) is 0 Å². The Morgan fingerprint density at radius 3 is 1.52 bits per heavy atom. The minimum atomic E-state index is -0.391. The van der Waals surface area contributed by atoms with Crippen molar-refractivity contribution in [3.63, 3.8) is 0 Å². The largest absolute Gasteiger partial charge is 0.508 e. The highest BCUT2D eigenvalue weighted by Crippen LogP contribution is 2.41. The van der Waals surface area contributed by atoms with Gasteiger partial charge in [0.25, 0.3) is 0 Å². The van der Waals surface area contributed by atoms with Gasteiger partial charge in [0.05, 0.1) is 0 Å². The summed E-state index contributed by atoms with van der Waals surface area (Å²) in [6.45, 7) is 0. The number of hydrogen-bond acceptors (Lipinski definition) is 9. The summed E-state index contributed by atoms with van der Waals surface area (Å²) in [5, 5.41) is 49.4. The van der Waals surface area contributed by atoms with Crippen molar-refractivity contribution in [3.05, 3.63) is 30.3 Å². The summed E-state index contributed by atoms with van der Waals surface area (Å²) < 4.78 is 22.4. The highest BCUT2D eigenvalue weighted by molar-refractivity contribution is 6.02. The van der Waals surface area contributed by atoms with Gasteiger partial charge in [-0.25, -0.2) is 0 Å². The molecule has 5 aromatic rings. The molecule has 0 unspecified atom stereocenters. The Morgan fingerprint density at radius 1 is 0.407 bits per heavy atom. The molecule has 0 bridgehead atoms. The molecule has 0 aliphatic heterocycles. The summed E-state index contributed by atoms with van der Waals surface area (Å²) in [5.74, 6) is -1.61. The first kappa shape index (κ1) is 15.1. The highest BCUT2D eigenvalue weighted by Gasteiger charge is 2.20. The van der Waals surface area contributed by atoms with E-state index in [1.54, 1.807) is 0 Å². The van der Waals surface area contributed by atoms with Gasteiger partial charge in [0.1, 0.15) is 11.5 Å². The van der Waals surface area contributed by atoms with Gasteiger partial charge in [-0.2, -0.15) is 0 Å². The second kappa shape index (κ2) is 4.94. The van der Waals surface area contributed by atoms with E-state index in [0.29, 0.717) is 0 Å². The van der Waals surface area contributed by atoms with Crippen LogP contribution in [0.15, 0.2) is 48.0 Å². The molecule has 5 N–H and O–H groups in total. The first-order valence-corrected chi connectivity index (χ1v) is 7.64. The molecule has 9 heteroatoms. The van der Waals surface area contributed by atoms with Gasteiger partial charge in [0.15, 0.2) is 34.0 Å². The van der Waals surface area contributed by atoms with Crippen molar-refractivity contribution >= 4 is 44.7 Å². The number of phenolic OH excluding ortho intramolecular Hbond substituents is 5. The van der Waals surface area contributed by atoms with Gasteiger partial charge in [-0.05, 0) is 0 Å². The number of aromatic hydroxyl groups is 5. The zero-order chi connectivity index (χ0) is 18.9. The Morgan fingerprint density at radius 2 is 0.889 bits per heavy atom. The topological polar surface area (TPSA) is 154 Å². The zero-order valence-corrected chi connectivity index (χ0v) is 13.3. The second-order valence-electron chi connectivity index (χ2n) is 5.87. The predicted octanol–water partition coefficient (Wildman–Crippen LogP) is 4.32. The molecule has 0 aliphatic carbocycles. The minimum Gasteiger partial charge on any atom is -0.508 e. The van der Waals surface area contributed by atoms with Crippen LogP contribution in [0.1, 0.15) is 0 Å². The lowest BCUT2D eigenvalue weighted by Crippen LogP contribution is -1.84. The van der Waals surface area contributed by atoms with Crippen LogP contribution < -0.4 is 0 Å². The third-order valence-corrected chi connectivity index (χ3v) is 4.02. The van der Waals surface area contributed by atoms with Crippen LogP contribution in [-0.4, -0.2) is 25.5 Å². The molecule has 0 saturated carbocycles. The van der Waals surface area contributed by atoms with E-state index in [-0.39, 0.29) is 67.7 Å². The van der Waals surface area contributed by atoms with Crippen LogP contribution in [0.25, 0.3) is 44.7 Å². The maximum absolute atomic E-state index is 10.3. The minimum absolute atomic E-state index is 0.0138. The lowest BCUT2D eigenvalue weighted by molar-refractivity contribution is 0.433. The van der Waals surface area contributed by atoms with E-state index in [1.165, 1.54) is 18.2 Å². The summed E-state index contributed by atoms with van der Waals surface area (Å²) in [6.07, 6.45) is 0. The highest BCUT2D eigenvalue weighted by atomic mass is 16.4. The van der Waals surface area contributed by atoms with E-state index in [9.17, 15) is 25.5 Å². The summed E-state index contributed by atoms with van der Waals surface area (Å²) >= 11 is 0. The van der Waals surface area contributed by atoms with Crippen LogP contribution in [0.4, 0.5) is 0 Å². The Labute approximate surface area is 147 Å². The van der Waals surface area contributed by atoms with Crippen molar-refractivity contribution in [1.29, 1.82) is 0 Å². The third-order valence-electron chi connectivity index (χ3n) is 4.02. The average Bonchev–Trinajstić information content (AvgIpc) is 2.59. The molecule has 136 valence electrons. The van der Waals surface area contributed by atoms with E-state index in [0.717, 1.165) is 12.1 Å². The van der Waals surface area contributed by atoms with E-state index in [2.05, 4.69) is 0 Å². The van der Waals surface area contributed by atoms with Gasteiger partial charge in [-0.1, -0.05) is 0 Å². The van der Waals surface area contributed by atoms with Gasteiger partial charge < -0.3 is 43.2 Å². The summed E-state index contributed by atoms with van der Waals surface area (Å²) in [4.78, 5) is 0. The summed E-state index contributed by atoms with van der Waals surface area (Å²) in [5.41, 5.74) is -0.365. The van der Waals surface area contributed by atoms with Crippen molar-refractivity contribution in [2.75, 3.05) is 0 Å². The van der Waals surface area contributed by atoms with Crippen molar-refractivity contribution in [2.24, 2.45) is 0 Å². The van der Waals surface area contributed by atoms with Gasteiger partial charge in [0, 0.05) is 30.3 Å². The molecule has 0 saturated heterocycles. The summed E-state index contributed by atoms with van der Waals surface area (Å²) in [7, 11) is 0. The molecule has 2 aromatic heterocycles. The maximum Gasteiger partial charge on any atom is 0.220 e. The van der Waals surface area contributed by atoms with Crippen LogP contribution in [0.5, 0.6) is 28.7 Å². The van der Waals surface area contributed by atoms with Crippen LogP contribution in [0, 0.1) is 0 Å². The molecular formula is C18H10O9. The Kier molecular flexibility index (Phi) is 2.77. The number of hydrogen-bond donors (Lipinski definition) is 5. The fourth-order valence-corrected chi connectivity index (χ4v) is 2.89. The predicted molar refractivity (Wildman–Crippen MR) is 91.5 cm³/mol. The van der Waals surface area contributed by atoms with Crippen LogP contribution in [0.2, 0.25) is 0 Å². The first-order valence-electron chi connectivity index (χ1n) is 7.64. The smallest absolute Gasteiger partial charge is 0.220 e. The second-order valence-corrected chi connectivity index (χ2v) is 5.87. The summed E-state index contributed by atoms with van der Waals surface area (Å²) in [6, 6.07) is 5.77. The normalized spacial score (nSPS) is 11.7. The van der Waals surface area contributed by atoms with Crippen LogP contribution in [0.3, 0.4) is 0 Å². The third kappa shape index (κ3) is 2.11. The molecular weight excluding hydrogens is 360 g/mol. The number of rotatable bonds is 0. The Balaban J connectivity index is 2.00. The van der Waals surface area contributed by atoms with Crippen LogP contribution >= 0.6 is 0 Å². The lowest BCUT2D eigenvalue weighted by Gasteiger charge is -2.08. The molecule has 0 amide bonds.